The molecule has 1 aromatic rings. The summed E-state index contributed by atoms with van der Waals surface area (Å²) in [7, 11) is 0. The third-order valence-electron chi connectivity index (χ3n) is 2.91. The number of esters is 1. The molecule has 2 atom stereocenters. The molecule has 0 spiro atoms. The first-order valence-corrected chi connectivity index (χ1v) is 5.25. The van der Waals surface area contributed by atoms with Crippen LogP contribution in [0.15, 0.2) is 30.3 Å². The number of rotatable bonds is 3. The van der Waals surface area contributed by atoms with Gasteiger partial charge in [0.2, 0.25) is 0 Å². The third kappa shape index (κ3) is 2.36. The molecule has 3 nitrogen and oxygen atoms in total. The molecule has 0 aromatic heterocycles. The summed E-state index contributed by atoms with van der Waals surface area (Å²) in [4.78, 5) is 11.5. The second-order valence-corrected chi connectivity index (χ2v) is 3.97. The van der Waals surface area contributed by atoms with E-state index in [-0.39, 0.29) is 12.0 Å². The molecule has 1 saturated carbocycles. The minimum Gasteiger partial charge on any atom is -0.462 e. The van der Waals surface area contributed by atoms with E-state index in [1.807, 2.05) is 18.2 Å². The number of nitrogens with two attached hydrogens (primary N) is 1. The first-order chi connectivity index (χ1) is 7.27. The highest BCUT2D eigenvalue weighted by atomic mass is 16.5. The van der Waals surface area contributed by atoms with Crippen molar-refractivity contribution in [3.8, 4) is 0 Å². The van der Waals surface area contributed by atoms with Crippen molar-refractivity contribution in [1.29, 1.82) is 0 Å². The molecule has 15 heavy (non-hydrogen) atoms. The molecule has 0 bridgehead atoms. The fourth-order valence-corrected chi connectivity index (χ4v) is 1.64. The van der Waals surface area contributed by atoms with Crippen LogP contribution in [0.4, 0.5) is 0 Å². The number of benzene rings is 1. The summed E-state index contributed by atoms with van der Waals surface area (Å²) in [6.07, 6.45) is 2.12. The molecule has 80 valence electrons. The Kier molecular flexibility index (Phi) is 3.02. The lowest BCUT2D eigenvalue weighted by molar-refractivity contribution is 0.0338. The Bertz CT molecular complexity index is 337. The summed E-state index contributed by atoms with van der Waals surface area (Å²) in [6, 6.07) is 9.25. The maximum atomic E-state index is 11.5. The van der Waals surface area contributed by atoms with Crippen LogP contribution < -0.4 is 5.73 Å². The quantitative estimate of drug-likeness (QED) is 0.762. The normalized spacial score (nSPS) is 24.3. The molecule has 0 radical (unpaired) electrons. The van der Waals surface area contributed by atoms with E-state index in [9.17, 15) is 4.79 Å². The van der Waals surface area contributed by atoms with Gasteiger partial charge in [-0.15, -0.1) is 0 Å². The monoisotopic (exact) mass is 205 g/mol. The van der Waals surface area contributed by atoms with Crippen LogP contribution in [0.2, 0.25) is 0 Å². The van der Waals surface area contributed by atoms with Crippen LogP contribution in [0.5, 0.6) is 0 Å². The Labute approximate surface area is 89.2 Å². The van der Waals surface area contributed by atoms with Gasteiger partial charge in [-0.05, 0) is 25.0 Å². The van der Waals surface area contributed by atoms with Crippen LogP contribution in [-0.4, -0.2) is 18.6 Å². The van der Waals surface area contributed by atoms with E-state index in [2.05, 4.69) is 0 Å². The van der Waals surface area contributed by atoms with Gasteiger partial charge in [0, 0.05) is 12.0 Å². The summed E-state index contributed by atoms with van der Waals surface area (Å²) in [5.74, 6) is 0.104. The lowest BCUT2D eigenvalue weighted by Crippen LogP contribution is -2.42. The average Bonchev–Trinajstić information content (AvgIpc) is 2.28. The van der Waals surface area contributed by atoms with Crippen LogP contribution in [0.3, 0.4) is 0 Å². The standard InChI is InChI=1S/C12H15NO2/c13-11-7-6-10(11)8-15-12(14)9-4-2-1-3-5-9/h1-5,10-11H,6-8,13H2/t10-,11-/m0/s1. The number of ether oxygens (including phenoxy) is 1. The van der Waals surface area contributed by atoms with Crippen molar-refractivity contribution >= 4 is 5.97 Å². The van der Waals surface area contributed by atoms with Crippen LogP contribution in [0, 0.1) is 5.92 Å². The van der Waals surface area contributed by atoms with Crippen molar-refractivity contribution in [3.63, 3.8) is 0 Å². The molecule has 1 aliphatic rings. The van der Waals surface area contributed by atoms with Gasteiger partial charge in [-0.2, -0.15) is 0 Å². The SMILES string of the molecule is N[C@H]1CC[C@H]1COC(=O)c1ccccc1. The fourth-order valence-electron chi connectivity index (χ4n) is 1.64. The summed E-state index contributed by atoms with van der Waals surface area (Å²) in [5, 5.41) is 0. The molecule has 2 N–H and O–H groups in total. The number of hydrogen-bond acceptors (Lipinski definition) is 3. The van der Waals surface area contributed by atoms with Crippen LogP contribution in [0.25, 0.3) is 0 Å². The van der Waals surface area contributed by atoms with Crippen molar-refractivity contribution < 1.29 is 9.53 Å². The van der Waals surface area contributed by atoms with Crippen LogP contribution in [-0.2, 0) is 4.74 Å². The van der Waals surface area contributed by atoms with Gasteiger partial charge < -0.3 is 10.5 Å². The lowest BCUT2D eigenvalue weighted by atomic mass is 9.81. The van der Waals surface area contributed by atoms with Gasteiger partial charge in [0.1, 0.15) is 0 Å². The number of carbonyl (C=O) groups is 1. The second-order valence-electron chi connectivity index (χ2n) is 3.97. The molecule has 2 rings (SSSR count). The minimum atomic E-state index is -0.255. The summed E-state index contributed by atoms with van der Waals surface area (Å²) < 4.78 is 5.18. The zero-order valence-electron chi connectivity index (χ0n) is 8.56. The molecule has 3 heteroatoms. The summed E-state index contributed by atoms with van der Waals surface area (Å²) >= 11 is 0. The topological polar surface area (TPSA) is 52.3 Å². The zero-order valence-corrected chi connectivity index (χ0v) is 8.56. The molecule has 0 saturated heterocycles. The van der Waals surface area contributed by atoms with E-state index >= 15 is 0 Å². The summed E-state index contributed by atoms with van der Waals surface area (Å²) in [5.41, 5.74) is 6.36. The van der Waals surface area contributed by atoms with E-state index in [0.29, 0.717) is 18.1 Å². The Balaban J connectivity index is 1.83. The Morgan fingerprint density at radius 3 is 2.60 bits per heavy atom. The van der Waals surface area contributed by atoms with Gasteiger partial charge in [0.25, 0.3) is 0 Å². The van der Waals surface area contributed by atoms with Crippen molar-refractivity contribution in [2.75, 3.05) is 6.61 Å². The van der Waals surface area contributed by atoms with Crippen molar-refractivity contribution in [2.45, 2.75) is 18.9 Å². The first-order valence-electron chi connectivity index (χ1n) is 5.25. The van der Waals surface area contributed by atoms with Gasteiger partial charge in [-0.25, -0.2) is 4.79 Å². The molecular weight excluding hydrogens is 190 g/mol. The number of carbonyl (C=O) groups excluding carboxylic acids is 1. The Morgan fingerprint density at radius 1 is 1.33 bits per heavy atom. The second kappa shape index (κ2) is 4.45. The Hall–Kier alpha value is -1.35. The van der Waals surface area contributed by atoms with Crippen LogP contribution >= 0.6 is 0 Å². The van der Waals surface area contributed by atoms with Crippen molar-refractivity contribution in [3.05, 3.63) is 35.9 Å². The largest absolute Gasteiger partial charge is 0.462 e. The highest BCUT2D eigenvalue weighted by molar-refractivity contribution is 5.89. The van der Waals surface area contributed by atoms with E-state index in [1.165, 1.54) is 0 Å². The zero-order chi connectivity index (χ0) is 10.7. The van der Waals surface area contributed by atoms with E-state index in [4.69, 9.17) is 10.5 Å². The van der Waals surface area contributed by atoms with Gasteiger partial charge in [-0.1, -0.05) is 18.2 Å². The maximum absolute atomic E-state index is 11.5. The van der Waals surface area contributed by atoms with E-state index in [0.717, 1.165) is 12.8 Å². The van der Waals surface area contributed by atoms with Gasteiger partial charge in [0.15, 0.2) is 0 Å². The minimum absolute atomic E-state index is 0.216. The fraction of sp³-hybridized carbons (Fsp3) is 0.417. The van der Waals surface area contributed by atoms with Crippen LogP contribution in [0.1, 0.15) is 23.2 Å². The summed E-state index contributed by atoms with van der Waals surface area (Å²) in [6.45, 7) is 0.453. The smallest absolute Gasteiger partial charge is 0.338 e. The molecule has 1 aromatic carbocycles. The molecular formula is C12H15NO2. The molecule has 0 aliphatic heterocycles. The highest BCUT2D eigenvalue weighted by Crippen LogP contribution is 2.25. The third-order valence-corrected chi connectivity index (χ3v) is 2.91. The van der Waals surface area contributed by atoms with Crippen molar-refractivity contribution in [1.82, 2.24) is 0 Å². The Morgan fingerprint density at radius 2 is 2.07 bits per heavy atom. The molecule has 0 heterocycles. The van der Waals surface area contributed by atoms with E-state index < -0.39 is 0 Å². The van der Waals surface area contributed by atoms with E-state index in [1.54, 1.807) is 12.1 Å². The maximum Gasteiger partial charge on any atom is 0.338 e. The lowest BCUT2D eigenvalue weighted by Gasteiger charge is -2.32. The molecule has 0 unspecified atom stereocenters. The van der Waals surface area contributed by atoms with Gasteiger partial charge in [-0.3, -0.25) is 0 Å². The molecule has 0 amide bonds. The predicted octanol–water partition coefficient (Wildman–Crippen LogP) is 1.58. The van der Waals surface area contributed by atoms with Gasteiger partial charge in [0.05, 0.1) is 12.2 Å². The van der Waals surface area contributed by atoms with Gasteiger partial charge >= 0.3 is 5.97 Å². The molecule has 1 fully saturated rings. The van der Waals surface area contributed by atoms with Crippen molar-refractivity contribution in [2.24, 2.45) is 11.7 Å². The highest BCUT2D eigenvalue weighted by Gasteiger charge is 2.28. The predicted molar refractivity (Wildman–Crippen MR) is 57.4 cm³/mol. The first kappa shape index (κ1) is 10.2. The number of hydrogen-bond donors (Lipinski definition) is 1. The average molecular weight is 205 g/mol. The molecule has 1 aliphatic carbocycles.